The van der Waals surface area contributed by atoms with Crippen LogP contribution in [-0.2, 0) is 12.5 Å². The minimum absolute atomic E-state index is 0.00802. The Morgan fingerprint density at radius 2 is 1.31 bits per heavy atom. The average Bonchev–Trinajstić information content (AvgIpc) is 2.80. The molecule has 35 heavy (non-hydrogen) atoms. The number of hydrogen-bond donors (Lipinski definition) is 0. The molecule has 0 radical (unpaired) electrons. The van der Waals surface area contributed by atoms with E-state index in [0.717, 1.165) is 36.4 Å². The molecule has 4 aromatic rings. The second kappa shape index (κ2) is 9.20. The van der Waals surface area contributed by atoms with Crippen LogP contribution in [0.15, 0.2) is 54.6 Å². The third-order valence-electron chi connectivity index (χ3n) is 5.45. The summed E-state index contributed by atoms with van der Waals surface area (Å²) in [5.41, 5.74) is -1.19. The fourth-order valence-electron chi connectivity index (χ4n) is 3.75. The Hall–Kier alpha value is -3.62. The van der Waals surface area contributed by atoms with Gasteiger partial charge in [0.2, 0.25) is 0 Å². The summed E-state index contributed by atoms with van der Waals surface area (Å²) < 4.78 is 118. The zero-order chi connectivity index (χ0) is 25.5. The average molecular weight is 496 g/mol. The highest BCUT2D eigenvalue weighted by atomic mass is 19.3. The lowest BCUT2D eigenvalue weighted by molar-refractivity contribution is -0.187. The van der Waals surface area contributed by atoms with Crippen LogP contribution in [0.4, 0.5) is 35.1 Å². The van der Waals surface area contributed by atoms with Crippen molar-refractivity contribution in [2.75, 3.05) is 0 Å². The summed E-state index contributed by atoms with van der Waals surface area (Å²) in [6.07, 6.45) is -3.59. The van der Waals surface area contributed by atoms with Crippen molar-refractivity contribution in [1.82, 2.24) is 0 Å². The SMILES string of the molecule is CCCc1cc2ccc(C(F)(F)Oc3ccc(-c4cc(F)c(F)c(F)c4)cc3)c(F)c2c(F)c1F. The highest BCUT2D eigenvalue weighted by Crippen LogP contribution is 2.38. The predicted octanol–water partition coefficient (Wildman–Crippen LogP) is 8.42. The topological polar surface area (TPSA) is 9.23 Å². The van der Waals surface area contributed by atoms with Crippen LogP contribution in [0.1, 0.15) is 24.5 Å². The molecule has 0 unspecified atom stereocenters. The first kappa shape index (κ1) is 24.5. The van der Waals surface area contributed by atoms with Gasteiger partial charge in [0.05, 0.1) is 5.39 Å². The van der Waals surface area contributed by atoms with Crippen molar-refractivity contribution >= 4 is 10.8 Å². The second-order valence-electron chi connectivity index (χ2n) is 7.84. The molecule has 0 atom stereocenters. The molecular formula is C26H16F8O. The third kappa shape index (κ3) is 4.54. The fraction of sp³-hybridized carbons (Fsp3) is 0.154. The molecule has 0 aromatic heterocycles. The van der Waals surface area contributed by atoms with Gasteiger partial charge in [-0.3, -0.25) is 0 Å². The van der Waals surface area contributed by atoms with Crippen molar-refractivity contribution in [1.29, 1.82) is 0 Å². The summed E-state index contributed by atoms with van der Waals surface area (Å²) in [6, 6.07) is 8.86. The van der Waals surface area contributed by atoms with Gasteiger partial charge in [-0.15, -0.1) is 0 Å². The Morgan fingerprint density at radius 3 is 1.91 bits per heavy atom. The second-order valence-corrected chi connectivity index (χ2v) is 7.84. The van der Waals surface area contributed by atoms with Crippen LogP contribution in [0.5, 0.6) is 5.75 Å². The van der Waals surface area contributed by atoms with Gasteiger partial charge < -0.3 is 4.74 Å². The molecular weight excluding hydrogens is 480 g/mol. The Balaban J connectivity index is 1.66. The summed E-state index contributed by atoms with van der Waals surface area (Å²) >= 11 is 0. The van der Waals surface area contributed by atoms with E-state index in [4.69, 9.17) is 0 Å². The normalized spacial score (nSPS) is 11.8. The number of benzene rings is 4. The van der Waals surface area contributed by atoms with E-state index < -0.39 is 57.7 Å². The summed E-state index contributed by atoms with van der Waals surface area (Å²) in [5.74, 6) is -9.49. The van der Waals surface area contributed by atoms with E-state index in [2.05, 4.69) is 4.74 Å². The number of rotatable bonds is 6. The highest BCUT2D eigenvalue weighted by molar-refractivity contribution is 5.85. The first-order valence-electron chi connectivity index (χ1n) is 10.4. The van der Waals surface area contributed by atoms with Crippen molar-refractivity contribution in [3.63, 3.8) is 0 Å². The Morgan fingerprint density at radius 1 is 0.686 bits per heavy atom. The van der Waals surface area contributed by atoms with E-state index in [1.165, 1.54) is 18.2 Å². The van der Waals surface area contributed by atoms with Crippen LogP contribution in [0.3, 0.4) is 0 Å². The van der Waals surface area contributed by atoms with E-state index in [0.29, 0.717) is 6.42 Å². The minimum Gasteiger partial charge on any atom is -0.429 e. The molecule has 0 saturated carbocycles. The highest BCUT2D eigenvalue weighted by Gasteiger charge is 2.39. The van der Waals surface area contributed by atoms with E-state index in [1.54, 1.807) is 6.92 Å². The minimum atomic E-state index is -4.28. The molecule has 0 aliphatic carbocycles. The molecule has 4 rings (SSSR count). The Bertz CT molecular complexity index is 1390. The van der Waals surface area contributed by atoms with Gasteiger partial charge in [-0.2, -0.15) is 8.78 Å². The lowest BCUT2D eigenvalue weighted by atomic mass is 9.99. The summed E-state index contributed by atoms with van der Waals surface area (Å²) in [6.45, 7) is 1.74. The van der Waals surface area contributed by atoms with Crippen molar-refractivity contribution in [2.24, 2.45) is 0 Å². The largest absolute Gasteiger partial charge is 0.429 e. The molecule has 182 valence electrons. The molecule has 0 spiro atoms. The number of aryl methyl sites for hydroxylation is 1. The molecule has 0 saturated heterocycles. The van der Waals surface area contributed by atoms with E-state index in [1.807, 2.05) is 0 Å². The van der Waals surface area contributed by atoms with E-state index in [9.17, 15) is 35.1 Å². The number of ether oxygens (including phenoxy) is 1. The number of alkyl halides is 2. The molecule has 9 heteroatoms. The van der Waals surface area contributed by atoms with Crippen molar-refractivity contribution in [2.45, 2.75) is 25.9 Å². The van der Waals surface area contributed by atoms with Crippen LogP contribution < -0.4 is 4.74 Å². The summed E-state index contributed by atoms with van der Waals surface area (Å²) in [7, 11) is 0. The van der Waals surface area contributed by atoms with Crippen LogP contribution in [0, 0.1) is 34.9 Å². The molecule has 1 nitrogen and oxygen atoms in total. The van der Waals surface area contributed by atoms with Gasteiger partial charge in [0.1, 0.15) is 17.1 Å². The monoisotopic (exact) mass is 496 g/mol. The first-order valence-corrected chi connectivity index (χ1v) is 10.4. The van der Waals surface area contributed by atoms with E-state index in [-0.39, 0.29) is 28.5 Å². The zero-order valence-corrected chi connectivity index (χ0v) is 18.0. The van der Waals surface area contributed by atoms with Crippen molar-refractivity contribution in [3.05, 3.63) is 101 Å². The maximum absolute atomic E-state index is 15.0. The number of fused-ring (bicyclic) bond motifs is 1. The standard InChI is InChI=1S/C26H16F8O/c1-2-3-15-10-14-6-9-18(23(30)21(14)25(32)22(15)29)26(33,34)35-17-7-4-13(5-8-17)16-11-19(27)24(31)20(28)12-16/h4-12H,2-3H2,1H3. The zero-order valence-electron chi connectivity index (χ0n) is 18.0. The number of hydrogen-bond acceptors (Lipinski definition) is 1. The lowest BCUT2D eigenvalue weighted by Gasteiger charge is -2.20. The first-order chi connectivity index (χ1) is 16.5. The Labute approximate surface area is 194 Å². The van der Waals surface area contributed by atoms with Gasteiger partial charge in [0, 0.05) is 0 Å². The fourth-order valence-corrected chi connectivity index (χ4v) is 3.75. The lowest BCUT2D eigenvalue weighted by Crippen LogP contribution is -2.23. The van der Waals surface area contributed by atoms with Gasteiger partial charge >= 0.3 is 6.11 Å². The Kier molecular flexibility index (Phi) is 6.44. The van der Waals surface area contributed by atoms with Crippen LogP contribution in [0.25, 0.3) is 21.9 Å². The molecule has 0 bridgehead atoms. The summed E-state index contributed by atoms with van der Waals surface area (Å²) in [4.78, 5) is 0. The van der Waals surface area contributed by atoms with Gasteiger partial charge in [-0.25, -0.2) is 26.3 Å². The quantitative estimate of drug-likeness (QED) is 0.192. The molecule has 0 amide bonds. The summed E-state index contributed by atoms with van der Waals surface area (Å²) in [5, 5.41) is -0.994. The predicted molar refractivity (Wildman–Crippen MR) is 114 cm³/mol. The molecule has 0 aliphatic heterocycles. The van der Waals surface area contributed by atoms with Crippen LogP contribution in [-0.4, -0.2) is 0 Å². The maximum Gasteiger partial charge on any atom is 0.429 e. The van der Waals surface area contributed by atoms with Gasteiger partial charge in [-0.05, 0) is 64.9 Å². The van der Waals surface area contributed by atoms with Gasteiger partial charge in [0.25, 0.3) is 0 Å². The van der Waals surface area contributed by atoms with Crippen LogP contribution >= 0.6 is 0 Å². The molecule has 0 heterocycles. The number of halogens is 8. The van der Waals surface area contributed by atoms with E-state index >= 15 is 0 Å². The third-order valence-corrected chi connectivity index (χ3v) is 5.45. The van der Waals surface area contributed by atoms with Gasteiger partial charge in [0.15, 0.2) is 29.1 Å². The molecule has 0 aliphatic rings. The van der Waals surface area contributed by atoms with Crippen LogP contribution in [0.2, 0.25) is 0 Å². The van der Waals surface area contributed by atoms with Crippen molar-refractivity contribution in [3.8, 4) is 16.9 Å². The van der Waals surface area contributed by atoms with Gasteiger partial charge in [-0.1, -0.05) is 31.5 Å². The molecule has 0 fully saturated rings. The maximum atomic E-state index is 15.0. The molecule has 4 aromatic carbocycles. The smallest absolute Gasteiger partial charge is 0.429 e. The van der Waals surface area contributed by atoms with Crippen molar-refractivity contribution < 1.29 is 39.9 Å². The molecule has 0 N–H and O–H groups in total.